The van der Waals surface area contributed by atoms with Crippen LogP contribution in [0.25, 0.3) is 0 Å². The molecule has 0 aliphatic carbocycles. The van der Waals surface area contributed by atoms with E-state index >= 15 is 0 Å². The molecule has 4 rings (SSSR count). The third-order valence-corrected chi connectivity index (χ3v) is 4.76. The minimum absolute atomic E-state index is 0.169. The smallest absolute Gasteiger partial charge is 0.335 e. The van der Waals surface area contributed by atoms with E-state index in [2.05, 4.69) is 17.0 Å². The molecule has 0 spiro atoms. The van der Waals surface area contributed by atoms with E-state index in [1.165, 1.54) is 11.1 Å². The number of fused-ring (bicyclic) bond motifs is 1. The predicted molar refractivity (Wildman–Crippen MR) is 92.6 cm³/mol. The summed E-state index contributed by atoms with van der Waals surface area (Å²) in [6, 6.07) is 13.6. The Morgan fingerprint density at radius 2 is 1.96 bits per heavy atom. The summed E-state index contributed by atoms with van der Waals surface area (Å²) in [5.41, 5.74) is 3.91. The third kappa shape index (κ3) is 3.67. The van der Waals surface area contributed by atoms with Gasteiger partial charge < -0.3 is 14.6 Å². The second-order valence-corrected chi connectivity index (χ2v) is 6.68. The number of hydrogen-bond donors (Lipinski definition) is 1. The van der Waals surface area contributed by atoms with Crippen molar-refractivity contribution in [2.45, 2.75) is 32.2 Å². The van der Waals surface area contributed by atoms with E-state index in [-0.39, 0.29) is 6.10 Å². The molecule has 2 aromatic carbocycles. The van der Waals surface area contributed by atoms with Crippen LogP contribution in [0.2, 0.25) is 0 Å². The molecule has 2 aliphatic rings. The molecular weight excluding hydrogens is 318 g/mol. The van der Waals surface area contributed by atoms with Crippen molar-refractivity contribution in [1.82, 2.24) is 4.90 Å². The van der Waals surface area contributed by atoms with Crippen molar-refractivity contribution in [3.63, 3.8) is 0 Å². The molecule has 5 heteroatoms. The molecule has 2 aromatic rings. The number of carboxylic acids is 1. The number of benzene rings is 2. The van der Waals surface area contributed by atoms with Gasteiger partial charge in [0.25, 0.3) is 0 Å². The molecule has 0 bridgehead atoms. The van der Waals surface area contributed by atoms with E-state index in [1.807, 2.05) is 18.2 Å². The summed E-state index contributed by atoms with van der Waals surface area (Å²) in [7, 11) is 0. The molecule has 1 unspecified atom stereocenters. The highest BCUT2D eigenvalue weighted by atomic mass is 16.5. The fourth-order valence-corrected chi connectivity index (χ4v) is 3.44. The second kappa shape index (κ2) is 6.86. The number of rotatable bonds is 5. The Morgan fingerprint density at radius 1 is 1.16 bits per heavy atom. The molecule has 0 radical (unpaired) electrons. The Bertz CT molecular complexity index is 766. The van der Waals surface area contributed by atoms with Crippen molar-refractivity contribution < 1.29 is 19.4 Å². The third-order valence-electron chi connectivity index (χ3n) is 4.76. The normalized spacial score (nSPS) is 19.8. The molecule has 25 heavy (non-hydrogen) atoms. The number of ether oxygens (including phenoxy) is 2. The highest BCUT2D eigenvalue weighted by Gasteiger charge is 2.21. The van der Waals surface area contributed by atoms with Crippen molar-refractivity contribution in [3.8, 4) is 5.75 Å². The van der Waals surface area contributed by atoms with Gasteiger partial charge in [-0.15, -0.1) is 0 Å². The van der Waals surface area contributed by atoms with Crippen molar-refractivity contribution in [3.05, 3.63) is 64.7 Å². The number of hydrogen-bond acceptors (Lipinski definition) is 4. The van der Waals surface area contributed by atoms with E-state index in [0.29, 0.717) is 12.2 Å². The zero-order valence-corrected chi connectivity index (χ0v) is 14.0. The summed E-state index contributed by atoms with van der Waals surface area (Å²) < 4.78 is 11.2. The number of carbonyl (C=O) groups is 1. The molecule has 1 fully saturated rings. The van der Waals surface area contributed by atoms with E-state index in [9.17, 15) is 4.79 Å². The Balaban J connectivity index is 1.37. The van der Waals surface area contributed by atoms with E-state index in [0.717, 1.165) is 44.0 Å². The first-order valence-corrected chi connectivity index (χ1v) is 8.58. The van der Waals surface area contributed by atoms with Gasteiger partial charge >= 0.3 is 5.97 Å². The van der Waals surface area contributed by atoms with Gasteiger partial charge in [-0.2, -0.15) is 0 Å². The maximum atomic E-state index is 11.1. The summed E-state index contributed by atoms with van der Waals surface area (Å²) in [6.07, 6.45) is 1.12. The molecule has 2 aliphatic heterocycles. The van der Waals surface area contributed by atoms with Crippen LogP contribution in [0, 0.1) is 0 Å². The zero-order valence-electron chi connectivity index (χ0n) is 14.0. The van der Waals surface area contributed by atoms with Crippen LogP contribution in [0.5, 0.6) is 5.75 Å². The molecule has 130 valence electrons. The average Bonchev–Trinajstić information content (AvgIpc) is 3.24. The van der Waals surface area contributed by atoms with Gasteiger partial charge in [-0.25, -0.2) is 4.79 Å². The van der Waals surface area contributed by atoms with Gasteiger partial charge in [0.05, 0.1) is 18.8 Å². The van der Waals surface area contributed by atoms with Crippen LogP contribution in [-0.4, -0.2) is 35.3 Å². The van der Waals surface area contributed by atoms with Crippen LogP contribution in [0.3, 0.4) is 0 Å². The Labute approximate surface area is 146 Å². The number of carboxylic acid groups (broad SMARTS) is 1. The van der Waals surface area contributed by atoms with Crippen LogP contribution in [0.15, 0.2) is 42.5 Å². The van der Waals surface area contributed by atoms with Crippen molar-refractivity contribution in [2.75, 3.05) is 13.2 Å². The molecule has 2 heterocycles. The lowest BCUT2D eigenvalue weighted by atomic mass is 10.1. The molecule has 1 N–H and O–H groups in total. The first-order valence-electron chi connectivity index (χ1n) is 8.58. The lowest BCUT2D eigenvalue weighted by molar-refractivity contribution is 0.0696. The van der Waals surface area contributed by atoms with Gasteiger partial charge in [-0.1, -0.05) is 18.2 Å². The SMILES string of the molecule is O=C(O)c1ccc2c(c1)CN(Cc1ccc(OC3CCOC3)cc1)C2. The van der Waals surface area contributed by atoms with Gasteiger partial charge in [0.2, 0.25) is 0 Å². The van der Waals surface area contributed by atoms with Crippen LogP contribution < -0.4 is 4.74 Å². The van der Waals surface area contributed by atoms with Gasteiger partial charge in [-0.3, -0.25) is 4.90 Å². The number of nitrogens with zero attached hydrogens (tertiary/aromatic N) is 1. The van der Waals surface area contributed by atoms with Gasteiger partial charge in [-0.05, 0) is 41.0 Å². The summed E-state index contributed by atoms with van der Waals surface area (Å²) in [4.78, 5) is 13.4. The quantitative estimate of drug-likeness (QED) is 0.907. The summed E-state index contributed by atoms with van der Waals surface area (Å²) >= 11 is 0. The first kappa shape index (κ1) is 16.1. The zero-order chi connectivity index (χ0) is 17.2. The van der Waals surface area contributed by atoms with Gasteiger partial charge in [0, 0.05) is 26.1 Å². The monoisotopic (exact) mass is 339 g/mol. The number of aromatic carboxylic acids is 1. The highest BCUT2D eigenvalue weighted by molar-refractivity contribution is 5.87. The second-order valence-electron chi connectivity index (χ2n) is 6.68. The van der Waals surface area contributed by atoms with Crippen molar-refractivity contribution in [2.24, 2.45) is 0 Å². The minimum Gasteiger partial charge on any atom is -0.488 e. The minimum atomic E-state index is -0.871. The summed E-state index contributed by atoms with van der Waals surface area (Å²) in [6.45, 7) is 3.93. The molecule has 5 nitrogen and oxygen atoms in total. The van der Waals surface area contributed by atoms with Crippen molar-refractivity contribution >= 4 is 5.97 Å². The molecule has 1 atom stereocenters. The van der Waals surface area contributed by atoms with Crippen LogP contribution in [-0.2, 0) is 24.4 Å². The maximum Gasteiger partial charge on any atom is 0.335 e. The first-order chi connectivity index (χ1) is 12.2. The summed E-state index contributed by atoms with van der Waals surface area (Å²) in [5.74, 6) is 0.0135. The average molecular weight is 339 g/mol. The van der Waals surface area contributed by atoms with Crippen molar-refractivity contribution in [1.29, 1.82) is 0 Å². The molecular formula is C20H21NO4. The van der Waals surface area contributed by atoms with E-state index in [1.54, 1.807) is 12.1 Å². The van der Waals surface area contributed by atoms with Gasteiger partial charge in [0.1, 0.15) is 11.9 Å². The standard InChI is InChI=1S/C20H21NO4/c22-20(23)15-3-4-16-11-21(12-17(16)9-15)10-14-1-5-18(6-2-14)25-19-7-8-24-13-19/h1-6,9,19H,7-8,10-13H2,(H,22,23). The summed E-state index contributed by atoms with van der Waals surface area (Å²) in [5, 5.41) is 9.11. The lowest BCUT2D eigenvalue weighted by Gasteiger charge is -2.16. The van der Waals surface area contributed by atoms with E-state index < -0.39 is 5.97 Å². The Morgan fingerprint density at radius 3 is 2.68 bits per heavy atom. The van der Waals surface area contributed by atoms with E-state index in [4.69, 9.17) is 14.6 Å². The molecule has 0 aromatic heterocycles. The van der Waals surface area contributed by atoms with Gasteiger partial charge in [0.15, 0.2) is 0 Å². The molecule has 1 saturated heterocycles. The fourth-order valence-electron chi connectivity index (χ4n) is 3.44. The molecule has 0 amide bonds. The lowest BCUT2D eigenvalue weighted by Crippen LogP contribution is -2.16. The Kier molecular flexibility index (Phi) is 4.42. The van der Waals surface area contributed by atoms with Crippen LogP contribution in [0.1, 0.15) is 33.5 Å². The highest BCUT2D eigenvalue weighted by Crippen LogP contribution is 2.26. The fraction of sp³-hybridized carbons (Fsp3) is 0.350. The van der Waals surface area contributed by atoms with Crippen LogP contribution >= 0.6 is 0 Å². The largest absolute Gasteiger partial charge is 0.488 e. The predicted octanol–water partition coefficient (Wildman–Crippen LogP) is 3.07. The maximum absolute atomic E-state index is 11.1. The topological polar surface area (TPSA) is 59.0 Å². The molecule has 0 saturated carbocycles. The Hall–Kier alpha value is -2.37. The van der Waals surface area contributed by atoms with Crippen LogP contribution in [0.4, 0.5) is 0 Å².